The van der Waals surface area contributed by atoms with Crippen LogP contribution < -0.4 is 14.4 Å². The summed E-state index contributed by atoms with van der Waals surface area (Å²) in [5.74, 6) is 0.829. The van der Waals surface area contributed by atoms with Crippen LogP contribution in [0.2, 0.25) is 0 Å². The number of nitrogens with zero attached hydrogens (tertiary/aromatic N) is 1. The minimum Gasteiger partial charge on any atom is -0.491 e. The summed E-state index contributed by atoms with van der Waals surface area (Å²) in [6.45, 7) is 6.72. The Balaban J connectivity index is 1.87. The van der Waals surface area contributed by atoms with Crippen LogP contribution in [0.15, 0.2) is 54.6 Å². The molecule has 2 aromatic carbocycles. The minimum absolute atomic E-state index is 0.0463. The second-order valence-corrected chi connectivity index (χ2v) is 9.62. The van der Waals surface area contributed by atoms with Crippen molar-refractivity contribution in [1.29, 1.82) is 0 Å². The maximum absolute atomic E-state index is 12.2. The van der Waals surface area contributed by atoms with Gasteiger partial charge in [-0.3, -0.25) is 9.10 Å². The Labute approximate surface area is 180 Å². The van der Waals surface area contributed by atoms with E-state index in [9.17, 15) is 13.2 Å². The van der Waals surface area contributed by atoms with Gasteiger partial charge in [0.05, 0.1) is 18.0 Å². The maximum Gasteiger partial charge on any atom is 0.232 e. The normalized spacial score (nSPS) is 12.4. The smallest absolute Gasteiger partial charge is 0.232 e. The Morgan fingerprint density at radius 1 is 1.03 bits per heavy atom. The lowest BCUT2D eigenvalue weighted by Gasteiger charge is -2.23. The topological polar surface area (TPSA) is 75.7 Å². The third-order valence-corrected chi connectivity index (χ3v) is 5.83. The lowest BCUT2D eigenvalue weighted by Crippen LogP contribution is -2.32. The zero-order chi connectivity index (χ0) is 22.1. The van der Waals surface area contributed by atoms with Crippen LogP contribution in [0, 0.1) is 0 Å². The molecule has 0 aliphatic carbocycles. The molecule has 1 amide bonds. The fourth-order valence-corrected chi connectivity index (χ4v) is 4.05. The molecular formula is C23H32N2O4S. The van der Waals surface area contributed by atoms with E-state index in [0.717, 1.165) is 0 Å². The van der Waals surface area contributed by atoms with Gasteiger partial charge in [0, 0.05) is 19.5 Å². The first-order valence-electron chi connectivity index (χ1n) is 10.2. The molecular weight excluding hydrogens is 400 g/mol. The molecule has 0 fully saturated rings. The average molecular weight is 433 g/mol. The summed E-state index contributed by atoms with van der Waals surface area (Å²) in [5.41, 5.74) is 1.73. The zero-order valence-corrected chi connectivity index (χ0v) is 19.0. The van der Waals surface area contributed by atoms with Crippen molar-refractivity contribution in [2.45, 2.75) is 45.6 Å². The molecule has 1 N–H and O–H groups in total. The second-order valence-electron chi connectivity index (χ2n) is 7.71. The van der Waals surface area contributed by atoms with E-state index in [4.69, 9.17) is 4.74 Å². The molecule has 0 aliphatic rings. The van der Waals surface area contributed by atoms with E-state index in [0.29, 0.717) is 24.4 Å². The molecule has 6 nitrogen and oxygen atoms in total. The van der Waals surface area contributed by atoms with Crippen molar-refractivity contribution in [2.24, 2.45) is 0 Å². The highest BCUT2D eigenvalue weighted by Crippen LogP contribution is 2.23. The predicted molar refractivity (Wildman–Crippen MR) is 121 cm³/mol. The van der Waals surface area contributed by atoms with Crippen LogP contribution in [0.1, 0.15) is 45.1 Å². The molecule has 30 heavy (non-hydrogen) atoms. The summed E-state index contributed by atoms with van der Waals surface area (Å²) >= 11 is 0. The molecule has 0 radical (unpaired) electrons. The first kappa shape index (κ1) is 23.7. The van der Waals surface area contributed by atoms with Crippen LogP contribution in [0.25, 0.3) is 0 Å². The average Bonchev–Trinajstić information content (AvgIpc) is 2.69. The Kier molecular flexibility index (Phi) is 8.72. The van der Waals surface area contributed by atoms with Gasteiger partial charge < -0.3 is 10.1 Å². The summed E-state index contributed by atoms with van der Waals surface area (Å²) in [6.07, 6.45) is 1.92. The number of hydrogen-bond acceptors (Lipinski definition) is 4. The maximum atomic E-state index is 12.2. The highest BCUT2D eigenvalue weighted by atomic mass is 32.2. The largest absolute Gasteiger partial charge is 0.491 e. The number of anilines is 1. The molecule has 0 heterocycles. The number of sulfonamides is 1. The summed E-state index contributed by atoms with van der Waals surface area (Å²) in [7, 11) is -3.45. The highest BCUT2D eigenvalue weighted by Gasteiger charge is 2.18. The second kappa shape index (κ2) is 11.0. The van der Waals surface area contributed by atoms with Crippen LogP contribution in [0.5, 0.6) is 5.75 Å². The number of amides is 1. The molecule has 0 bridgehead atoms. The molecule has 0 spiro atoms. The van der Waals surface area contributed by atoms with Gasteiger partial charge in [-0.05, 0) is 56.0 Å². The van der Waals surface area contributed by atoms with Gasteiger partial charge in [0.25, 0.3) is 0 Å². The van der Waals surface area contributed by atoms with E-state index in [1.165, 1.54) is 16.1 Å². The van der Waals surface area contributed by atoms with Crippen molar-refractivity contribution in [3.05, 3.63) is 60.2 Å². The van der Waals surface area contributed by atoms with Gasteiger partial charge in [0.2, 0.25) is 15.9 Å². The van der Waals surface area contributed by atoms with Crippen LogP contribution in [0.3, 0.4) is 0 Å². The molecule has 0 aliphatic heterocycles. The number of ether oxygens (including phenoxy) is 1. The third kappa shape index (κ3) is 7.71. The first-order valence-corrected chi connectivity index (χ1v) is 12.1. The fourth-order valence-electron chi connectivity index (χ4n) is 3.09. The van der Waals surface area contributed by atoms with Gasteiger partial charge in [-0.15, -0.1) is 0 Å². The minimum atomic E-state index is -3.45. The summed E-state index contributed by atoms with van der Waals surface area (Å²) in [5, 5.41) is 2.94. The van der Waals surface area contributed by atoms with Crippen molar-refractivity contribution in [2.75, 3.05) is 23.7 Å². The van der Waals surface area contributed by atoms with Crippen molar-refractivity contribution in [3.8, 4) is 5.75 Å². The molecule has 0 saturated heterocycles. The lowest BCUT2D eigenvalue weighted by atomic mass is 10.0. The number of nitrogens with one attached hydrogen (secondary N) is 1. The predicted octanol–water partition coefficient (Wildman–Crippen LogP) is 3.94. The van der Waals surface area contributed by atoms with Gasteiger partial charge in [-0.2, -0.15) is 0 Å². The Morgan fingerprint density at radius 2 is 1.67 bits per heavy atom. The molecule has 164 valence electrons. The van der Waals surface area contributed by atoms with Crippen LogP contribution in [0.4, 0.5) is 5.69 Å². The highest BCUT2D eigenvalue weighted by molar-refractivity contribution is 7.92. The number of carbonyl (C=O) groups excluding carboxylic acids is 1. The van der Waals surface area contributed by atoms with Gasteiger partial charge in [-0.1, -0.05) is 37.3 Å². The summed E-state index contributed by atoms with van der Waals surface area (Å²) in [4.78, 5) is 12.2. The Hall–Kier alpha value is -2.54. The van der Waals surface area contributed by atoms with E-state index in [1.807, 2.05) is 44.2 Å². The van der Waals surface area contributed by atoms with Gasteiger partial charge >= 0.3 is 0 Å². The number of rotatable bonds is 11. The van der Waals surface area contributed by atoms with Crippen molar-refractivity contribution in [1.82, 2.24) is 5.32 Å². The third-order valence-electron chi connectivity index (χ3n) is 4.64. The molecule has 1 atom stereocenters. The van der Waals surface area contributed by atoms with Crippen LogP contribution in [-0.2, 0) is 14.8 Å². The number of benzene rings is 2. The number of hydrogen-bond donors (Lipinski definition) is 1. The molecule has 2 rings (SSSR count). The standard InChI is InChI=1S/C23H32N2O4S/c1-18(2)29-22-14-12-21(13-15-22)25(30(4,27)28)16-8-11-23(26)24-17-19(3)20-9-6-5-7-10-20/h5-7,9-10,12-15,18-19H,8,11,16-17H2,1-4H3,(H,24,26)/t19-/m0/s1. The van der Waals surface area contributed by atoms with Crippen molar-refractivity contribution >= 4 is 21.6 Å². The van der Waals surface area contributed by atoms with Gasteiger partial charge in [0.15, 0.2) is 0 Å². The van der Waals surface area contributed by atoms with Crippen molar-refractivity contribution in [3.63, 3.8) is 0 Å². The molecule has 0 aromatic heterocycles. The van der Waals surface area contributed by atoms with Crippen LogP contribution in [-0.4, -0.2) is 39.8 Å². The van der Waals surface area contributed by atoms with Crippen molar-refractivity contribution < 1.29 is 17.9 Å². The SMILES string of the molecule is CC(C)Oc1ccc(N(CCCC(=O)NC[C@H](C)c2ccccc2)S(C)(=O)=O)cc1. The lowest BCUT2D eigenvalue weighted by molar-refractivity contribution is -0.121. The van der Waals surface area contributed by atoms with E-state index in [-0.39, 0.29) is 30.9 Å². The number of carbonyl (C=O) groups is 1. The Morgan fingerprint density at radius 3 is 2.23 bits per heavy atom. The van der Waals surface area contributed by atoms with Gasteiger partial charge in [0.1, 0.15) is 5.75 Å². The van der Waals surface area contributed by atoms with E-state index in [1.54, 1.807) is 24.3 Å². The summed E-state index contributed by atoms with van der Waals surface area (Å²) < 4.78 is 31.4. The van der Waals surface area contributed by atoms with E-state index < -0.39 is 10.0 Å². The molecule has 2 aromatic rings. The van der Waals surface area contributed by atoms with Crippen LogP contribution >= 0.6 is 0 Å². The fraction of sp³-hybridized carbons (Fsp3) is 0.435. The zero-order valence-electron chi connectivity index (χ0n) is 18.2. The summed E-state index contributed by atoms with van der Waals surface area (Å²) in [6, 6.07) is 17.0. The quantitative estimate of drug-likeness (QED) is 0.584. The van der Waals surface area contributed by atoms with E-state index in [2.05, 4.69) is 12.2 Å². The van der Waals surface area contributed by atoms with E-state index >= 15 is 0 Å². The molecule has 0 unspecified atom stereocenters. The molecule has 7 heteroatoms. The Bertz CT molecular complexity index is 897. The molecule has 0 saturated carbocycles. The first-order chi connectivity index (χ1) is 14.2. The van der Waals surface area contributed by atoms with Gasteiger partial charge in [-0.25, -0.2) is 8.42 Å². The monoisotopic (exact) mass is 432 g/mol.